The lowest BCUT2D eigenvalue weighted by Gasteiger charge is -2.41. The predicted octanol–water partition coefficient (Wildman–Crippen LogP) is 2.70. The van der Waals surface area contributed by atoms with Crippen LogP contribution >= 0.6 is 11.3 Å². The highest BCUT2D eigenvalue weighted by molar-refractivity contribution is 7.09. The number of carbonyl (C=O) groups excluding carboxylic acids is 1. The van der Waals surface area contributed by atoms with Crippen molar-refractivity contribution < 1.29 is 9.53 Å². The molecule has 1 unspecified atom stereocenters. The number of carbonyl (C=O) groups is 1. The Hall–Kier alpha value is -1.79. The van der Waals surface area contributed by atoms with E-state index in [-0.39, 0.29) is 17.6 Å². The van der Waals surface area contributed by atoms with Crippen LogP contribution in [0.5, 0.6) is 0 Å². The van der Waals surface area contributed by atoms with Crippen molar-refractivity contribution in [1.82, 2.24) is 14.9 Å². The maximum atomic E-state index is 12.6. The van der Waals surface area contributed by atoms with Gasteiger partial charge in [-0.25, -0.2) is 4.98 Å². The minimum Gasteiger partial charge on any atom is -0.369 e. The number of pyridine rings is 1. The van der Waals surface area contributed by atoms with Crippen LogP contribution in [-0.2, 0) is 22.4 Å². The fraction of sp³-hybridized carbons (Fsp3) is 0.500. The molecule has 3 rings (SSSR count). The van der Waals surface area contributed by atoms with Crippen LogP contribution in [0.2, 0.25) is 0 Å². The summed E-state index contributed by atoms with van der Waals surface area (Å²) in [6.45, 7) is 7.33. The van der Waals surface area contributed by atoms with Gasteiger partial charge in [0.05, 0.1) is 28.8 Å². The Kier molecular flexibility index (Phi) is 4.96. The first kappa shape index (κ1) is 17.0. The summed E-state index contributed by atoms with van der Waals surface area (Å²) in [5, 5.41) is 2.97. The molecule has 128 valence electrons. The van der Waals surface area contributed by atoms with Crippen LogP contribution in [0.15, 0.2) is 29.8 Å². The van der Waals surface area contributed by atoms with Crippen LogP contribution < -0.4 is 0 Å². The molecule has 1 aliphatic rings. The van der Waals surface area contributed by atoms with E-state index in [1.807, 2.05) is 49.3 Å². The van der Waals surface area contributed by atoms with Gasteiger partial charge < -0.3 is 9.64 Å². The van der Waals surface area contributed by atoms with Gasteiger partial charge in [-0.3, -0.25) is 9.78 Å². The van der Waals surface area contributed by atoms with Crippen LogP contribution in [0.3, 0.4) is 0 Å². The normalized spacial score (nSPS) is 20.1. The summed E-state index contributed by atoms with van der Waals surface area (Å²) >= 11 is 1.59. The minimum absolute atomic E-state index is 0.0628. The van der Waals surface area contributed by atoms with Gasteiger partial charge >= 0.3 is 0 Å². The molecule has 0 bridgehead atoms. The number of aromatic nitrogens is 2. The molecule has 1 amide bonds. The summed E-state index contributed by atoms with van der Waals surface area (Å²) in [5.74, 6) is 0.118. The second-order valence-corrected chi connectivity index (χ2v) is 7.81. The van der Waals surface area contributed by atoms with E-state index in [0.29, 0.717) is 25.9 Å². The fourth-order valence-corrected chi connectivity index (χ4v) is 3.89. The number of nitrogens with zero attached hydrogens (tertiary/aromatic N) is 3. The first-order valence-corrected chi connectivity index (χ1v) is 9.08. The van der Waals surface area contributed by atoms with Crippen molar-refractivity contribution in [1.29, 1.82) is 0 Å². The lowest BCUT2D eigenvalue weighted by molar-refractivity contribution is -0.157. The van der Waals surface area contributed by atoms with Crippen LogP contribution in [0, 0.1) is 0 Å². The van der Waals surface area contributed by atoms with Crippen molar-refractivity contribution in [2.45, 2.75) is 45.3 Å². The summed E-state index contributed by atoms with van der Waals surface area (Å²) in [6, 6.07) is 5.87. The second-order valence-electron chi connectivity index (χ2n) is 6.87. The molecule has 1 aliphatic heterocycles. The van der Waals surface area contributed by atoms with E-state index in [1.54, 1.807) is 17.5 Å². The molecule has 5 nitrogen and oxygen atoms in total. The van der Waals surface area contributed by atoms with E-state index in [1.165, 1.54) is 0 Å². The highest BCUT2D eigenvalue weighted by atomic mass is 32.1. The van der Waals surface area contributed by atoms with Gasteiger partial charge in [0.1, 0.15) is 0 Å². The van der Waals surface area contributed by atoms with E-state index in [9.17, 15) is 4.79 Å². The maximum absolute atomic E-state index is 12.6. The van der Waals surface area contributed by atoms with E-state index >= 15 is 0 Å². The Balaban J connectivity index is 1.61. The molecule has 0 spiro atoms. The molecule has 0 aliphatic carbocycles. The molecule has 24 heavy (non-hydrogen) atoms. The standard InChI is InChI=1S/C18H23N3O2S/c1-13-10-21(12-18(2,3)23-13)17(22)9-15-11-24-16(20-15)8-14-6-4-5-7-19-14/h4-7,11,13H,8-10,12H2,1-3H3. The zero-order valence-corrected chi connectivity index (χ0v) is 15.2. The molecular formula is C18H23N3O2S. The molecule has 1 fully saturated rings. The Bertz CT molecular complexity index is 699. The largest absolute Gasteiger partial charge is 0.369 e. The van der Waals surface area contributed by atoms with Gasteiger partial charge in [0.15, 0.2) is 0 Å². The molecule has 0 aromatic carbocycles. The van der Waals surface area contributed by atoms with Crippen molar-refractivity contribution in [3.63, 3.8) is 0 Å². The first-order chi connectivity index (χ1) is 11.4. The van der Waals surface area contributed by atoms with Crippen molar-refractivity contribution in [3.05, 3.63) is 46.2 Å². The quantitative estimate of drug-likeness (QED) is 0.855. The van der Waals surface area contributed by atoms with Crippen LogP contribution in [0.1, 0.15) is 37.2 Å². The maximum Gasteiger partial charge on any atom is 0.228 e. The summed E-state index contributed by atoms with van der Waals surface area (Å²) in [4.78, 5) is 23.4. The van der Waals surface area contributed by atoms with Gasteiger partial charge in [-0.2, -0.15) is 0 Å². The lowest BCUT2D eigenvalue weighted by atomic mass is 10.1. The van der Waals surface area contributed by atoms with Crippen LogP contribution in [0.25, 0.3) is 0 Å². The number of ether oxygens (including phenoxy) is 1. The summed E-state index contributed by atoms with van der Waals surface area (Å²) in [5.41, 5.74) is 1.54. The van der Waals surface area contributed by atoms with Gasteiger partial charge in [0, 0.05) is 36.8 Å². The Morgan fingerprint density at radius 3 is 2.96 bits per heavy atom. The Labute approximate surface area is 146 Å². The summed E-state index contributed by atoms with van der Waals surface area (Å²) < 4.78 is 5.86. The van der Waals surface area contributed by atoms with E-state index in [2.05, 4.69) is 9.97 Å². The monoisotopic (exact) mass is 345 g/mol. The highest BCUT2D eigenvalue weighted by Gasteiger charge is 2.33. The minimum atomic E-state index is -0.292. The smallest absolute Gasteiger partial charge is 0.228 e. The number of morpholine rings is 1. The van der Waals surface area contributed by atoms with Crippen molar-refractivity contribution in [3.8, 4) is 0 Å². The number of amides is 1. The van der Waals surface area contributed by atoms with Crippen LogP contribution in [0.4, 0.5) is 0 Å². The average Bonchev–Trinajstić information content (AvgIpc) is 2.93. The topological polar surface area (TPSA) is 55.3 Å². The zero-order valence-electron chi connectivity index (χ0n) is 14.4. The molecule has 0 saturated carbocycles. The van der Waals surface area contributed by atoms with Crippen molar-refractivity contribution in [2.75, 3.05) is 13.1 Å². The molecule has 3 heterocycles. The van der Waals surface area contributed by atoms with Gasteiger partial charge in [-0.15, -0.1) is 11.3 Å². The molecule has 6 heteroatoms. The molecular weight excluding hydrogens is 322 g/mol. The van der Waals surface area contributed by atoms with Gasteiger partial charge in [-0.1, -0.05) is 6.07 Å². The number of thiazole rings is 1. The number of rotatable bonds is 4. The van der Waals surface area contributed by atoms with Crippen molar-refractivity contribution >= 4 is 17.2 Å². The molecule has 0 radical (unpaired) electrons. The third-order valence-corrected chi connectivity index (χ3v) is 4.81. The third kappa shape index (κ3) is 4.39. The Morgan fingerprint density at radius 2 is 2.25 bits per heavy atom. The fourth-order valence-electron chi connectivity index (χ4n) is 3.08. The highest BCUT2D eigenvalue weighted by Crippen LogP contribution is 2.22. The molecule has 0 N–H and O–H groups in total. The van der Waals surface area contributed by atoms with Gasteiger partial charge in [0.25, 0.3) is 0 Å². The van der Waals surface area contributed by atoms with E-state index < -0.39 is 0 Å². The zero-order chi connectivity index (χ0) is 17.2. The summed E-state index contributed by atoms with van der Waals surface area (Å²) in [6.07, 6.45) is 2.91. The van der Waals surface area contributed by atoms with Gasteiger partial charge in [-0.05, 0) is 32.9 Å². The molecule has 2 aromatic rings. The second kappa shape index (κ2) is 6.99. The Morgan fingerprint density at radius 1 is 1.42 bits per heavy atom. The number of hydrogen-bond donors (Lipinski definition) is 0. The van der Waals surface area contributed by atoms with E-state index in [4.69, 9.17) is 4.74 Å². The number of hydrogen-bond acceptors (Lipinski definition) is 5. The van der Waals surface area contributed by atoms with E-state index in [0.717, 1.165) is 16.4 Å². The SMILES string of the molecule is CC1CN(C(=O)Cc2csc(Cc3ccccn3)n2)CC(C)(C)O1. The predicted molar refractivity (Wildman–Crippen MR) is 94.1 cm³/mol. The van der Waals surface area contributed by atoms with Crippen LogP contribution in [-0.4, -0.2) is 45.6 Å². The molecule has 2 aromatic heterocycles. The summed E-state index contributed by atoms with van der Waals surface area (Å²) in [7, 11) is 0. The van der Waals surface area contributed by atoms with Crippen molar-refractivity contribution in [2.24, 2.45) is 0 Å². The third-order valence-electron chi connectivity index (χ3n) is 3.91. The molecule has 1 saturated heterocycles. The first-order valence-electron chi connectivity index (χ1n) is 8.20. The average molecular weight is 345 g/mol. The molecule has 1 atom stereocenters. The van der Waals surface area contributed by atoms with Gasteiger partial charge in [0.2, 0.25) is 5.91 Å². The lowest BCUT2D eigenvalue weighted by Crippen LogP contribution is -2.54.